The Morgan fingerprint density at radius 2 is 2.10 bits per heavy atom. The molecule has 3 atom stereocenters. The summed E-state index contributed by atoms with van der Waals surface area (Å²) in [7, 11) is 0. The fourth-order valence-electron chi connectivity index (χ4n) is 2.58. The van der Waals surface area contributed by atoms with Gasteiger partial charge in [-0.2, -0.15) is 0 Å². The van der Waals surface area contributed by atoms with E-state index in [9.17, 15) is 20.1 Å². The number of aliphatic hydroxyl groups excluding tert-OH is 2. The maximum atomic E-state index is 12.5. The second-order valence-electron chi connectivity index (χ2n) is 5.66. The zero-order valence-electron chi connectivity index (χ0n) is 11.5. The number of ketones is 1. The van der Waals surface area contributed by atoms with Crippen molar-refractivity contribution in [1.82, 2.24) is 0 Å². The molecule has 3 unspecified atom stereocenters. The quantitative estimate of drug-likeness (QED) is 0.687. The summed E-state index contributed by atoms with van der Waals surface area (Å²) in [6.07, 6.45) is 8.80. The molecular formula is C16H16O5. The van der Waals surface area contributed by atoms with Gasteiger partial charge in [0.2, 0.25) is 0 Å². The van der Waals surface area contributed by atoms with E-state index >= 15 is 0 Å². The first kappa shape index (κ1) is 13.7. The van der Waals surface area contributed by atoms with Crippen LogP contribution in [0.4, 0.5) is 0 Å². The van der Waals surface area contributed by atoms with E-state index in [0.717, 1.165) is 0 Å². The summed E-state index contributed by atoms with van der Waals surface area (Å²) >= 11 is 0. The van der Waals surface area contributed by atoms with Crippen molar-refractivity contribution in [2.75, 3.05) is 0 Å². The van der Waals surface area contributed by atoms with Crippen LogP contribution in [-0.2, 0) is 9.53 Å². The van der Waals surface area contributed by atoms with Crippen molar-refractivity contribution in [3.63, 3.8) is 0 Å². The second-order valence-corrected chi connectivity index (χ2v) is 5.66. The molecule has 0 aromatic carbocycles. The molecular weight excluding hydrogens is 272 g/mol. The Hall–Kier alpha value is -2.27. The molecule has 0 saturated heterocycles. The Balaban J connectivity index is 1.90. The highest BCUT2D eigenvalue weighted by atomic mass is 16.5. The Bertz CT molecular complexity index is 646. The van der Waals surface area contributed by atoms with Gasteiger partial charge in [0.1, 0.15) is 0 Å². The van der Waals surface area contributed by atoms with E-state index in [1.807, 2.05) is 0 Å². The number of carbonyl (C=O) groups is 1. The smallest absolute Gasteiger partial charge is 0.177 e. The van der Waals surface area contributed by atoms with Gasteiger partial charge in [0, 0.05) is 0 Å². The molecule has 5 nitrogen and oxygen atoms in total. The molecule has 0 fully saturated rings. The predicted molar refractivity (Wildman–Crippen MR) is 75.3 cm³/mol. The highest BCUT2D eigenvalue weighted by molar-refractivity contribution is 6.04. The number of rotatable bonds is 1. The van der Waals surface area contributed by atoms with Crippen LogP contribution in [0.25, 0.3) is 0 Å². The summed E-state index contributed by atoms with van der Waals surface area (Å²) in [5.41, 5.74) is 0.196. The number of ether oxygens (including phenoxy) is 1. The van der Waals surface area contributed by atoms with Crippen LogP contribution in [0.3, 0.4) is 0 Å². The summed E-state index contributed by atoms with van der Waals surface area (Å²) in [6, 6.07) is 0. The molecule has 0 saturated carbocycles. The lowest BCUT2D eigenvalue weighted by Gasteiger charge is -2.31. The maximum absolute atomic E-state index is 12.5. The normalized spacial score (nSPS) is 35.0. The molecule has 1 aliphatic heterocycles. The highest BCUT2D eigenvalue weighted by Gasteiger charge is 2.40. The molecule has 110 valence electrons. The molecule has 0 radical (unpaired) electrons. The van der Waals surface area contributed by atoms with Crippen molar-refractivity contribution in [3.05, 3.63) is 59.3 Å². The number of hydrogen-bond acceptors (Lipinski definition) is 5. The van der Waals surface area contributed by atoms with Crippen LogP contribution in [0.1, 0.15) is 13.3 Å². The number of allylic oxidation sites excluding steroid dienone is 4. The Kier molecular flexibility index (Phi) is 3.02. The summed E-state index contributed by atoms with van der Waals surface area (Å²) in [5, 5.41) is 29.1. The van der Waals surface area contributed by atoms with Gasteiger partial charge in [-0.1, -0.05) is 24.3 Å². The van der Waals surface area contributed by atoms with Crippen LogP contribution in [-0.4, -0.2) is 32.8 Å². The summed E-state index contributed by atoms with van der Waals surface area (Å²) in [4.78, 5) is 12.5. The van der Waals surface area contributed by atoms with E-state index in [4.69, 9.17) is 4.74 Å². The minimum atomic E-state index is -0.900. The third kappa shape index (κ3) is 2.29. The molecule has 0 bridgehead atoms. The van der Waals surface area contributed by atoms with E-state index in [-0.39, 0.29) is 17.3 Å². The van der Waals surface area contributed by atoms with Gasteiger partial charge >= 0.3 is 0 Å². The van der Waals surface area contributed by atoms with Crippen molar-refractivity contribution in [3.8, 4) is 0 Å². The molecule has 3 N–H and O–H groups in total. The van der Waals surface area contributed by atoms with E-state index in [0.29, 0.717) is 17.6 Å². The zero-order valence-corrected chi connectivity index (χ0v) is 11.5. The average Bonchev–Trinajstić information content (AvgIpc) is 2.44. The standard InChI is InChI=1S/C16H16O5/c1-16(20)6-4-9(5-7-16)11-8-21-15-10(13(11)18)2-3-12(17)14(15)19/h2-6,8,10,15,17,19-20H,7H2,1H3. The Morgan fingerprint density at radius 1 is 1.33 bits per heavy atom. The molecule has 21 heavy (non-hydrogen) atoms. The van der Waals surface area contributed by atoms with Gasteiger partial charge in [-0.05, 0) is 25.0 Å². The number of fused-ring (bicyclic) bond motifs is 1. The first-order valence-electron chi connectivity index (χ1n) is 6.71. The topological polar surface area (TPSA) is 87.0 Å². The summed E-state index contributed by atoms with van der Waals surface area (Å²) in [6.45, 7) is 1.69. The fourth-order valence-corrected chi connectivity index (χ4v) is 2.58. The van der Waals surface area contributed by atoms with E-state index in [1.54, 1.807) is 25.2 Å². The van der Waals surface area contributed by atoms with Crippen molar-refractivity contribution in [1.29, 1.82) is 0 Å². The van der Waals surface area contributed by atoms with Gasteiger partial charge in [-0.3, -0.25) is 4.79 Å². The van der Waals surface area contributed by atoms with Crippen LogP contribution in [0.5, 0.6) is 0 Å². The van der Waals surface area contributed by atoms with Gasteiger partial charge in [-0.15, -0.1) is 0 Å². The summed E-state index contributed by atoms with van der Waals surface area (Å²) < 4.78 is 5.41. The minimum Gasteiger partial charge on any atom is -0.505 e. The third-order valence-electron chi connectivity index (χ3n) is 3.89. The average molecular weight is 288 g/mol. The summed E-state index contributed by atoms with van der Waals surface area (Å²) in [5.74, 6) is -1.45. The lowest BCUT2D eigenvalue weighted by Crippen LogP contribution is -2.37. The molecule has 5 heteroatoms. The number of aliphatic hydroxyl groups is 3. The third-order valence-corrected chi connectivity index (χ3v) is 3.89. The first-order valence-corrected chi connectivity index (χ1v) is 6.71. The van der Waals surface area contributed by atoms with E-state index < -0.39 is 17.6 Å². The van der Waals surface area contributed by atoms with Crippen LogP contribution in [0.15, 0.2) is 59.3 Å². The number of carbonyl (C=O) groups excluding carboxylic acids is 1. The largest absolute Gasteiger partial charge is 0.505 e. The second kappa shape index (κ2) is 4.63. The molecule has 0 aromatic rings. The van der Waals surface area contributed by atoms with Gasteiger partial charge < -0.3 is 20.1 Å². The minimum absolute atomic E-state index is 0.181. The fraction of sp³-hybridized carbons (Fsp3) is 0.312. The van der Waals surface area contributed by atoms with E-state index in [1.165, 1.54) is 18.4 Å². The Labute approximate surface area is 121 Å². The molecule has 0 aromatic heterocycles. The highest BCUT2D eigenvalue weighted by Crippen LogP contribution is 2.35. The van der Waals surface area contributed by atoms with Crippen molar-refractivity contribution < 1.29 is 24.9 Å². The monoisotopic (exact) mass is 288 g/mol. The SMILES string of the molecule is CC1(O)C=CC(C2=COC3C(O)=C(O)C=CC3C2=O)=CC1. The van der Waals surface area contributed by atoms with Crippen LogP contribution < -0.4 is 0 Å². The lowest BCUT2D eigenvalue weighted by molar-refractivity contribution is -0.122. The van der Waals surface area contributed by atoms with Gasteiger partial charge in [0.25, 0.3) is 0 Å². The van der Waals surface area contributed by atoms with Crippen LogP contribution in [0.2, 0.25) is 0 Å². The molecule has 0 spiro atoms. The van der Waals surface area contributed by atoms with Crippen molar-refractivity contribution in [2.24, 2.45) is 5.92 Å². The van der Waals surface area contributed by atoms with E-state index in [2.05, 4.69) is 0 Å². The van der Waals surface area contributed by atoms with Crippen LogP contribution >= 0.6 is 0 Å². The lowest BCUT2D eigenvalue weighted by atomic mass is 9.82. The van der Waals surface area contributed by atoms with Crippen molar-refractivity contribution >= 4 is 5.78 Å². The maximum Gasteiger partial charge on any atom is 0.177 e. The molecule has 3 rings (SSSR count). The van der Waals surface area contributed by atoms with Crippen LogP contribution in [0, 0.1) is 5.92 Å². The molecule has 0 amide bonds. The molecule has 1 heterocycles. The van der Waals surface area contributed by atoms with Crippen molar-refractivity contribution in [2.45, 2.75) is 25.0 Å². The Morgan fingerprint density at radius 3 is 2.76 bits per heavy atom. The number of Topliss-reactive ketones (excluding diaryl/α,β-unsaturated/α-hetero) is 1. The first-order chi connectivity index (χ1) is 9.89. The van der Waals surface area contributed by atoms with Gasteiger partial charge in [0.15, 0.2) is 23.4 Å². The zero-order chi connectivity index (χ0) is 15.2. The predicted octanol–water partition coefficient (Wildman–Crippen LogP) is 1.99. The molecule has 2 aliphatic carbocycles. The van der Waals surface area contributed by atoms with Gasteiger partial charge in [0.05, 0.1) is 23.4 Å². The number of hydrogen-bond donors (Lipinski definition) is 3. The molecule has 3 aliphatic rings. The van der Waals surface area contributed by atoms with Gasteiger partial charge in [-0.25, -0.2) is 0 Å².